The molecule has 0 saturated heterocycles. The van der Waals surface area contributed by atoms with E-state index in [0.29, 0.717) is 5.30 Å². The Morgan fingerprint density at radius 2 is 1.69 bits per heavy atom. The van der Waals surface area contributed by atoms with Gasteiger partial charge in [-0.1, -0.05) is 10.6 Å². The first-order chi connectivity index (χ1) is 7.66. The smallest absolute Gasteiger partial charge is 0.207 e. The monoisotopic (exact) mass is 345 g/mol. The topological polar surface area (TPSA) is 17.1 Å². The average molecular weight is 345 g/mol. The molecule has 1 atom stereocenters. The van der Waals surface area contributed by atoms with Crippen molar-refractivity contribution < 1.29 is 8.96 Å². The summed E-state index contributed by atoms with van der Waals surface area (Å²) in [4.78, 5) is 0. The maximum atomic E-state index is 12.7. The highest BCUT2D eigenvalue weighted by atomic mass is 127. The highest BCUT2D eigenvalue weighted by molar-refractivity contribution is 14.1. The molecule has 0 aliphatic rings. The Kier molecular flexibility index (Phi) is 3.66. The van der Waals surface area contributed by atoms with Crippen LogP contribution in [0.5, 0.6) is 0 Å². The van der Waals surface area contributed by atoms with Crippen LogP contribution in [0.1, 0.15) is 0 Å². The lowest BCUT2D eigenvalue weighted by Gasteiger charge is -1.91. The molecular weight excluding hydrogens is 337 g/mol. The van der Waals surface area contributed by atoms with Crippen molar-refractivity contribution in [2.45, 2.75) is 0 Å². The third-order valence-corrected chi connectivity index (χ3v) is 4.29. The molecule has 0 radical (unpaired) electrons. The summed E-state index contributed by atoms with van der Waals surface area (Å²) in [7, 11) is -1.62. The minimum absolute atomic E-state index is 0.310. The Morgan fingerprint density at radius 1 is 1.00 bits per heavy atom. The molecule has 0 heterocycles. The molecule has 0 aliphatic carbocycles. The lowest BCUT2D eigenvalue weighted by atomic mass is 10.3. The second-order valence-electron chi connectivity index (χ2n) is 3.25. The van der Waals surface area contributed by atoms with Gasteiger partial charge in [-0.25, -0.2) is 4.39 Å². The second-order valence-corrected chi connectivity index (χ2v) is 6.12. The van der Waals surface area contributed by atoms with E-state index in [2.05, 4.69) is 22.6 Å². The molecule has 80 valence electrons. The standard InChI is InChI=1S/C12H8FIOP/c13-9-4-6-11(7-5-9)16(15)12-3-1-2-10(14)8-12/h1-8H/q+1. The van der Waals surface area contributed by atoms with Crippen LogP contribution >= 0.6 is 30.4 Å². The fourth-order valence-corrected chi connectivity index (χ4v) is 3.31. The van der Waals surface area contributed by atoms with Crippen LogP contribution in [0, 0.1) is 9.39 Å². The van der Waals surface area contributed by atoms with E-state index < -0.39 is 7.80 Å². The number of halogens is 2. The lowest BCUT2D eigenvalue weighted by molar-refractivity contribution is 0.598. The summed E-state index contributed by atoms with van der Waals surface area (Å²) in [5, 5.41) is 1.42. The molecule has 0 saturated carbocycles. The van der Waals surface area contributed by atoms with Crippen molar-refractivity contribution >= 4 is 41.0 Å². The number of hydrogen-bond acceptors (Lipinski definition) is 1. The van der Waals surface area contributed by atoms with Crippen molar-refractivity contribution in [3.8, 4) is 0 Å². The molecule has 0 spiro atoms. The Hall–Kier alpha value is -0.800. The third-order valence-electron chi connectivity index (χ3n) is 2.10. The molecule has 1 unspecified atom stereocenters. The molecule has 2 aromatic rings. The summed E-state index contributed by atoms with van der Waals surface area (Å²) in [6.07, 6.45) is 0. The average Bonchev–Trinajstić information content (AvgIpc) is 2.29. The molecule has 2 aromatic carbocycles. The van der Waals surface area contributed by atoms with Crippen molar-refractivity contribution in [2.24, 2.45) is 0 Å². The first-order valence-corrected chi connectivity index (χ1v) is 6.99. The van der Waals surface area contributed by atoms with Crippen LogP contribution in [0.4, 0.5) is 4.39 Å². The normalized spacial score (nSPS) is 11.2. The first kappa shape index (κ1) is 11.7. The van der Waals surface area contributed by atoms with Crippen molar-refractivity contribution in [1.29, 1.82) is 0 Å². The van der Waals surface area contributed by atoms with Crippen molar-refractivity contribution in [2.75, 3.05) is 0 Å². The Morgan fingerprint density at radius 3 is 2.31 bits per heavy atom. The van der Waals surface area contributed by atoms with Gasteiger partial charge in [0.15, 0.2) is 10.6 Å². The van der Waals surface area contributed by atoms with E-state index in [0.717, 1.165) is 8.87 Å². The zero-order valence-corrected chi connectivity index (χ0v) is 11.3. The molecular formula is C12H8FIOP+. The molecule has 2 rings (SSSR count). The molecule has 1 nitrogen and oxygen atoms in total. The van der Waals surface area contributed by atoms with E-state index in [9.17, 15) is 8.96 Å². The Balaban J connectivity index is 2.35. The van der Waals surface area contributed by atoms with Crippen LogP contribution in [0.3, 0.4) is 0 Å². The van der Waals surface area contributed by atoms with Crippen molar-refractivity contribution in [3.63, 3.8) is 0 Å². The summed E-state index contributed by atoms with van der Waals surface area (Å²) in [5.41, 5.74) is 0. The molecule has 0 aliphatic heterocycles. The number of hydrogen-bond donors (Lipinski definition) is 0. The van der Waals surface area contributed by atoms with E-state index in [1.165, 1.54) is 12.1 Å². The van der Waals surface area contributed by atoms with Crippen LogP contribution in [0.25, 0.3) is 0 Å². The summed E-state index contributed by atoms with van der Waals surface area (Å²) < 4.78 is 25.9. The predicted molar refractivity (Wildman–Crippen MR) is 72.4 cm³/mol. The molecule has 0 aromatic heterocycles. The van der Waals surface area contributed by atoms with Gasteiger partial charge in [0.05, 0.1) is 0 Å². The summed E-state index contributed by atoms with van der Waals surface area (Å²) in [6.45, 7) is 0. The highest BCUT2D eigenvalue weighted by Crippen LogP contribution is 2.20. The summed E-state index contributed by atoms with van der Waals surface area (Å²) >= 11 is 2.17. The van der Waals surface area contributed by atoms with Crippen LogP contribution in [0.15, 0.2) is 48.5 Å². The second kappa shape index (κ2) is 5.02. The number of rotatable bonds is 2. The third kappa shape index (κ3) is 2.66. The maximum Gasteiger partial charge on any atom is 0.415 e. The van der Waals surface area contributed by atoms with E-state index in [1.807, 2.05) is 24.3 Å². The summed E-state index contributed by atoms with van der Waals surface area (Å²) in [5.74, 6) is -0.310. The van der Waals surface area contributed by atoms with Gasteiger partial charge in [0.2, 0.25) is 0 Å². The van der Waals surface area contributed by atoms with Gasteiger partial charge in [0, 0.05) is 9.64 Å². The van der Waals surface area contributed by atoms with Gasteiger partial charge in [-0.15, -0.1) is 0 Å². The van der Waals surface area contributed by atoms with Crippen LogP contribution in [-0.4, -0.2) is 0 Å². The van der Waals surface area contributed by atoms with Crippen molar-refractivity contribution in [3.05, 3.63) is 57.9 Å². The fourth-order valence-electron chi connectivity index (χ4n) is 1.33. The Bertz CT molecular complexity index is 525. The zero-order valence-electron chi connectivity index (χ0n) is 8.23. The number of benzene rings is 2. The largest absolute Gasteiger partial charge is 0.415 e. The van der Waals surface area contributed by atoms with Gasteiger partial charge >= 0.3 is 7.80 Å². The van der Waals surface area contributed by atoms with E-state index in [1.54, 1.807) is 12.1 Å². The Labute approximate surface area is 108 Å². The van der Waals surface area contributed by atoms with Gasteiger partial charge in [-0.3, -0.25) is 0 Å². The van der Waals surface area contributed by atoms with E-state index >= 15 is 0 Å². The van der Waals surface area contributed by atoms with Crippen molar-refractivity contribution in [1.82, 2.24) is 0 Å². The molecule has 0 amide bonds. The summed E-state index contributed by atoms with van der Waals surface area (Å²) in [6, 6.07) is 13.3. The van der Waals surface area contributed by atoms with Crippen LogP contribution in [0.2, 0.25) is 0 Å². The molecule has 16 heavy (non-hydrogen) atoms. The van der Waals surface area contributed by atoms with Gasteiger partial charge in [-0.05, 0) is 59.0 Å². The highest BCUT2D eigenvalue weighted by Gasteiger charge is 2.23. The van der Waals surface area contributed by atoms with Crippen LogP contribution in [-0.2, 0) is 4.57 Å². The maximum absolute atomic E-state index is 12.7. The molecule has 4 heteroatoms. The molecule has 0 fully saturated rings. The van der Waals surface area contributed by atoms with Crippen LogP contribution < -0.4 is 10.6 Å². The zero-order chi connectivity index (χ0) is 11.5. The minimum Gasteiger partial charge on any atom is -0.207 e. The van der Waals surface area contributed by atoms with Gasteiger partial charge in [-0.2, -0.15) is 0 Å². The van der Waals surface area contributed by atoms with Gasteiger partial charge in [0.25, 0.3) is 0 Å². The predicted octanol–water partition coefficient (Wildman–Crippen LogP) is 3.21. The molecule has 0 N–H and O–H groups in total. The first-order valence-electron chi connectivity index (χ1n) is 4.65. The molecule has 0 bridgehead atoms. The van der Waals surface area contributed by atoms with E-state index in [-0.39, 0.29) is 5.82 Å². The van der Waals surface area contributed by atoms with Gasteiger partial charge < -0.3 is 0 Å². The van der Waals surface area contributed by atoms with E-state index in [4.69, 9.17) is 0 Å². The minimum atomic E-state index is -1.62. The fraction of sp³-hybridized carbons (Fsp3) is 0. The van der Waals surface area contributed by atoms with Gasteiger partial charge in [0.1, 0.15) is 5.82 Å². The quantitative estimate of drug-likeness (QED) is 0.604. The SMILES string of the molecule is O=[P+](c1ccc(F)cc1)c1cccc(I)c1. The lowest BCUT2D eigenvalue weighted by Crippen LogP contribution is -2.06.